The van der Waals surface area contributed by atoms with Gasteiger partial charge in [-0.3, -0.25) is 39.1 Å². The molecule has 1 saturated carbocycles. The maximum absolute atomic E-state index is 14.1. The summed E-state index contributed by atoms with van der Waals surface area (Å²) in [4.78, 5) is 75.5. The predicted octanol–water partition coefficient (Wildman–Crippen LogP) is 5.05. The van der Waals surface area contributed by atoms with Crippen LogP contribution in [0.1, 0.15) is 81.0 Å². The van der Waals surface area contributed by atoms with Gasteiger partial charge in [0.1, 0.15) is 18.1 Å². The van der Waals surface area contributed by atoms with Crippen LogP contribution in [0.4, 0.5) is 26.0 Å². The minimum absolute atomic E-state index is 0.0468. The van der Waals surface area contributed by atoms with E-state index in [0.717, 1.165) is 17.0 Å². The molecule has 6 heterocycles. The topological polar surface area (TPSA) is 215 Å². The standard InChI is InChI=1S/C45H46F2N10O8/c46-40(47)39-33(51-41(59)34-25-65-43(52-34)28-13-15-49-36(19-28)50-20-26-5-6-26)23-56(54-39)29-9-7-27(8-10-29)21-55-16-18-64-30(22-55)24-63-17-2-14-48-32-4-1-3-31-38(32)45(62)57(44(31)61)35-11-12-37(58)53-42(35)60/h1,3-4,7-10,13,15,19,23,25-26,30,35,40,48H,2,5-6,11-12,14,16-18,20-22,24H2,(H,49,50)(H,51,59)(H,53,58,60)/t30-,35?/m0/s1. The number of hydrogen-bond acceptors (Lipinski definition) is 14. The number of aromatic nitrogens is 4. The normalized spacial score (nSPS) is 18.8. The van der Waals surface area contributed by atoms with Crippen LogP contribution in [0.15, 0.2) is 77.7 Å². The molecule has 18 nitrogen and oxygen atoms in total. The number of nitrogens with one attached hydrogen (secondary N) is 4. The van der Waals surface area contributed by atoms with Gasteiger partial charge in [-0.05, 0) is 73.6 Å². The monoisotopic (exact) mass is 892 g/mol. The Morgan fingerprint density at radius 1 is 1.00 bits per heavy atom. The van der Waals surface area contributed by atoms with Crippen LogP contribution in [-0.4, -0.2) is 117 Å². The minimum atomic E-state index is -2.95. The first kappa shape index (κ1) is 43.4. The number of imide groups is 2. The number of piperidine rings is 1. The number of amides is 5. The van der Waals surface area contributed by atoms with E-state index < -0.39 is 47.7 Å². The van der Waals surface area contributed by atoms with Crippen molar-refractivity contribution in [3.05, 3.63) is 101 Å². The molecule has 0 radical (unpaired) electrons. The third-order valence-corrected chi connectivity index (χ3v) is 11.6. The summed E-state index contributed by atoms with van der Waals surface area (Å²) in [5.41, 5.74) is 2.21. The molecule has 4 N–H and O–H groups in total. The van der Waals surface area contributed by atoms with Crippen LogP contribution < -0.4 is 21.3 Å². The van der Waals surface area contributed by atoms with E-state index in [4.69, 9.17) is 13.9 Å². The fourth-order valence-electron chi connectivity index (χ4n) is 8.02. The first-order chi connectivity index (χ1) is 31.6. The summed E-state index contributed by atoms with van der Waals surface area (Å²) in [6.45, 7) is 4.54. The maximum atomic E-state index is 14.1. The van der Waals surface area contributed by atoms with E-state index in [9.17, 15) is 32.8 Å². The fraction of sp³-hybridized carbons (Fsp3) is 0.378. The molecule has 5 amide bonds. The van der Waals surface area contributed by atoms with Crippen molar-refractivity contribution in [2.24, 2.45) is 5.92 Å². The second-order valence-electron chi connectivity index (χ2n) is 16.3. The van der Waals surface area contributed by atoms with Crippen LogP contribution in [0.2, 0.25) is 0 Å². The molecule has 2 aromatic carbocycles. The Balaban J connectivity index is 0.728. The SMILES string of the molecule is O=C1CCC(N2C(=O)c3cccc(NCCCOC[C@@H]4CN(Cc5ccc(-n6cc(NC(=O)c7coc(-c8ccnc(NCC9CC9)c8)n7)c(C(F)F)n6)cc5)CCO4)c3C2=O)C(=O)N1. The number of alkyl halides is 2. The second kappa shape index (κ2) is 19.1. The van der Waals surface area contributed by atoms with E-state index >= 15 is 0 Å². The van der Waals surface area contributed by atoms with Gasteiger partial charge in [-0.15, -0.1) is 0 Å². The molecular weight excluding hydrogens is 847 g/mol. The Hall–Kier alpha value is -6.90. The first-order valence-corrected chi connectivity index (χ1v) is 21.5. The number of carbonyl (C=O) groups excluding carboxylic acids is 5. The maximum Gasteiger partial charge on any atom is 0.284 e. The Labute approximate surface area is 371 Å². The van der Waals surface area contributed by atoms with Crippen LogP contribution in [0.25, 0.3) is 17.1 Å². The number of benzene rings is 2. The summed E-state index contributed by atoms with van der Waals surface area (Å²) in [7, 11) is 0. The minimum Gasteiger partial charge on any atom is -0.444 e. The Morgan fingerprint density at radius 2 is 1.85 bits per heavy atom. The Morgan fingerprint density at radius 3 is 2.65 bits per heavy atom. The number of hydrogen-bond donors (Lipinski definition) is 4. The van der Waals surface area contributed by atoms with Gasteiger partial charge in [0.2, 0.25) is 17.7 Å². The highest BCUT2D eigenvalue weighted by atomic mass is 19.3. The van der Waals surface area contributed by atoms with Gasteiger partial charge in [0.25, 0.3) is 24.1 Å². The average molecular weight is 893 g/mol. The third-order valence-electron chi connectivity index (χ3n) is 11.6. The van der Waals surface area contributed by atoms with E-state index in [1.807, 2.05) is 12.1 Å². The van der Waals surface area contributed by atoms with Crippen molar-refractivity contribution in [2.75, 3.05) is 62.0 Å². The van der Waals surface area contributed by atoms with E-state index in [0.29, 0.717) is 81.1 Å². The van der Waals surface area contributed by atoms with Crippen molar-refractivity contribution in [3.8, 4) is 17.1 Å². The zero-order valence-corrected chi connectivity index (χ0v) is 35.1. The summed E-state index contributed by atoms with van der Waals surface area (Å²) < 4.78 is 47.0. The fourth-order valence-corrected chi connectivity index (χ4v) is 8.02. The highest BCUT2D eigenvalue weighted by molar-refractivity contribution is 6.25. The van der Waals surface area contributed by atoms with E-state index in [1.165, 1.54) is 30.0 Å². The number of pyridine rings is 1. The lowest BCUT2D eigenvalue weighted by molar-refractivity contribution is -0.136. The van der Waals surface area contributed by atoms with Crippen LogP contribution in [-0.2, 0) is 25.6 Å². The second-order valence-corrected chi connectivity index (χ2v) is 16.3. The lowest BCUT2D eigenvalue weighted by Gasteiger charge is -2.32. The smallest absolute Gasteiger partial charge is 0.284 e. The molecule has 5 aromatic rings. The Kier molecular flexibility index (Phi) is 12.7. The number of halogens is 2. The van der Waals surface area contributed by atoms with Crippen molar-refractivity contribution in [1.29, 1.82) is 0 Å². The van der Waals surface area contributed by atoms with Crippen LogP contribution >= 0.6 is 0 Å². The number of fused-ring (bicyclic) bond motifs is 1. The van der Waals surface area contributed by atoms with Crippen LogP contribution in [0.3, 0.4) is 0 Å². The van der Waals surface area contributed by atoms with Crippen LogP contribution in [0, 0.1) is 5.92 Å². The molecule has 0 spiro atoms. The Bertz CT molecular complexity index is 2600. The number of anilines is 3. The van der Waals surface area contributed by atoms with Gasteiger partial charge in [-0.1, -0.05) is 18.2 Å². The molecule has 9 rings (SSSR count). The van der Waals surface area contributed by atoms with Gasteiger partial charge in [0.05, 0.1) is 48.0 Å². The number of morpholine rings is 1. The molecule has 1 unspecified atom stereocenters. The van der Waals surface area contributed by atoms with Gasteiger partial charge in [0, 0.05) is 63.2 Å². The number of rotatable bonds is 18. The molecule has 4 aliphatic rings. The van der Waals surface area contributed by atoms with Crippen molar-refractivity contribution in [1.82, 2.24) is 34.9 Å². The lowest BCUT2D eigenvalue weighted by atomic mass is 10.0. The molecule has 2 atom stereocenters. The highest BCUT2D eigenvalue weighted by Gasteiger charge is 2.45. The van der Waals surface area contributed by atoms with Gasteiger partial charge in [0.15, 0.2) is 11.4 Å². The molecule has 1 aliphatic carbocycles. The molecule has 3 aromatic heterocycles. The molecule has 2 saturated heterocycles. The van der Waals surface area contributed by atoms with Crippen molar-refractivity contribution in [2.45, 2.75) is 57.2 Å². The van der Waals surface area contributed by atoms with Gasteiger partial charge < -0.3 is 29.8 Å². The molecule has 20 heteroatoms. The highest BCUT2D eigenvalue weighted by Crippen LogP contribution is 2.33. The number of ether oxygens (including phenoxy) is 2. The van der Waals surface area contributed by atoms with Gasteiger partial charge in [-0.25, -0.2) is 23.4 Å². The first-order valence-electron chi connectivity index (χ1n) is 21.5. The average Bonchev–Trinajstić information content (AvgIpc) is 3.71. The molecule has 0 bridgehead atoms. The zero-order chi connectivity index (χ0) is 45.0. The number of carbonyl (C=O) groups is 5. The summed E-state index contributed by atoms with van der Waals surface area (Å²) in [6.07, 6.45) is 4.14. The van der Waals surface area contributed by atoms with E-state index in [1.54, 1.807) is 48.7 Å². The zero-order valence-electron chi connectivity index (χ0n) is 35.1. The van der Waals surface area contributed by atoms with E-state index in [2.05, 4.69) is 41.2 Å². The van der Waals surface area contributed by atoms with E-state index in [-0.39, 0.29) is 47.3 Å². The summed E-state index contributed by atoms with van der Waals surface area (Å²) >= 11 is 0. The summed E-state index contributed by atoms with van der Waals surface area (Å²) in [5.74, 6) is -1.44. The van der Waals surface area contributed by atoms with Crippen molar-refractivity contribution in [3.63, 3.8) is 0 Å². The molecule has 65 heavy (non-hydrogen) atoms. The molecule has 3 aliphatic heterocycles. The van der Waals surface area contributed by atoms with Gasteiger partial charge >= 0.3 is 0 Å². The largest absolute Gasteiger partial charge is 0.444 e. The molecular formula is C45H46F2N10O8. The molecule has 3 fully saturated rings. The van der Waals surface area contributed by atoms with Gasteiger partial charge in [-0.2, -0.15) is 5.10 Å². The quantitative estimate of drug-likeness (QED) is 0.0669. The summed E-state index contributed by atoms with van der Waals surface area (Å²) in [6, 6.07) is 14.7. The third kappa shape index (κ3) is 9.93. The number of oxazole rings is 1. The molecule has 338 valence electrons. The van der Waals surface area contributed by atoms with Crippen molar-refractivity contribution >= 4 is 46.7 Å². The van der Waals surface area contributed by atoms with Crippen molar-refractivity contribution < 1.29 is 46.6 Å². The van der Waals surface area contributed by atoms with Crippen LogP contribution in [0.5, 0.6) is 0 Å². The number of nitrogens with zero attached hydrogens (tertiary/aromatic N) is 6. The summed E-state index contributed by atoms with van der Waals surface area (Å²) in [5, 5.41) is 15.3. The lowest BCUT2D eigenvalue weighted by Crippen LogP contribution is -2.54. The predicted molar refractivity (Wildman–Crippen MR) is 229 cm³/mol.